The van der Waals surface area contributed by atoms with Gasteiger partial charge in [-0.25, -0.2) is 14.4 Å². The monoisotopic (exact) mass is 936 g/mol. The highest BCUT2D eigenvalue weighted by atomic mass is 35.5. The maximum Gasteiger partial charge on any atom is 0.437 e. The largest absolute Gasteiger partial charge is 0.480 e. The van der Waals surface area contributed by atoms with Crippen molar-refractivity contribution in [2.24, 2.45) is 0 Å². The number of methoxy groups -OCH3 is 2. The van der Waals surface area contributed by atoms with Gasteiger partial charge in [0.1, 0.15) is 18.2 Å². The molecule has 26 heteroatoms. The quantitative estimate of drug-likeness (QED) is 0.124. The molecule has 17 nitrogen and oxygen atoms in total. The Balaban J connectivity index is 0.000000241. The third kappa shape index (κ3) is 11.5. The lowest BCUT2D eigenvalue weighted by molar-refractivity contribution is -0.143. The summed E-state index contributed by atoms with van der Waals surface area (Å²) in [5.41, 5.74) is -4.89. The summed E-state index contributed by atoms with van der Waals surface area (Å²) < 4.78 is 116. The first kappa shape index (κ1) is 47.6. The van der Waals surface area contributed by atoms with Gasteiger partial charge in [-0.1, -0.05) is 23.2 Å². The van der Waals surface area contributed by atoms with Crippen LogP contribution in [0.4, 0.5) is 30.7 Å². The normalized spacial score (nSPS) is 11.2. The number of ether oxygens (including phenoxy) is 4. The predicted molar refractivity (Wildman–Crippen MR) is 206 cm³/mol. The highest BCUT2D eigenvalue weighted by Crippen LogP contribution is 2.37. The Morgan fingerprint density at radius 3 is 1.42 bits per heavy atom. The second-order valence-electron chi connectivity index (χ2n) is 12.5. The van der Waals surface area contributed by atoms with Crippen LogP contribution < -0.4 is 30.1 Å². The number of aliphatic hydroxyl groups excluding tert-OH is 1. The molecule has 0 aliphatic rings. The van der Waals surface area contributed by atoms with Gasteiger partial charge in [-0.15, -0.1) is 20.4 Å². The number of nitrogens with zero attached hydrogens (tertiary/aromatic N) is 10. The van der Waals surface area contributed by atoms with Gasteiger partial charge in [-0.3, -0.25) is 18.7 Å². The third-order valence-corrected chi connectivity index (χ3v) is 8.54. The van der Waals surface area contributed by atoms with E-state index in [1.165, 1.54) is 38.5 Å². The van der Waals surface area contributed by atoms with Crippen molar-refractivity contribution in [1.29, 1.82) is 10.5 Å². The Labute approximate surface area is 364 Å². The van der Waals surface area contributed by atoms with Gasteiger partial charge in [-0.05, 0) is 48.5 Å². The van der Waals surface area contributed by atoms with Crippen molar-refractivity contribution in [2.45, 2.75) is 38.7 Å². The summed E-state index contributed by atoms with van der Waals surface area (Å²) in [6.45, 7) is -2.06. The van der Waals surface area contributed by atoms with Gasteiger partial charge in [0.15, 0.2) is 11.4 Å². The molecule has 6 aromatic rings. The van der Waals surface area contributed by atoms with Crippen LogP contribution in [0.2, 0.25) is 10.0 Å². The van der Waals surface area contributed by atoms with Crippen LogP contribution >= 0.6 is 23.2 Å². The molecule has 0 spiro atoms. The second-order valence-corrected chi connectivity index (χ2v) is 13.4. The van der Waals surface area contributed by atoms with Crippen molar-refractivity contribution < 1.29 is 54.8 Å². The van der Waals surface area contributed by atoms with E-state index in [0.29, 0.717) is 12.7 Å². The molecule has 0 fully saturated rings. The van der Waals surface area contributed by atoms with Crippen molar-refractivity contribution in [3.8, 4) is 46.9 Å². The number of aromatic nitrogens is 8. The third-order valence-electron chi connectivity index (χ3n) is 8.11. The van der Waals surface area contributed by atoms with Gasteiger partial charge < -0.3 is 24.1 Å². The van der Waals surface area contributed by atoms with E-state index in [1.807, 2.05) is 0 Å². The van der Waals surface area contributed by atoms with E-state index in [-0.39, 0.29) is 80.0 Å². The van der Waals surface area contributed by atoms with E-state index < -0.39 is 59.6 Å². The van der Waals surface area contributed by atoms with E-state index >= 15 is 0 Å². The summed E-state index contributed by atoms with van der Waals surface area (Å²) in [5.74, 6) is -2.74. The highest BCUT2D eigenvalue weighted by molar-refractivity contribution is 6.31. The first-order valence-corrected chi connectivity index (χ1v) is 18.1. The molecule has 0 aliphatic heterocycles. The number of hydrogen-bond acceptors (Lipinski definition) is 15. The van der Waals surface area contributed by atoms with Crippen LogP contribution in [0.5, 0.6) is 34.8 Å². The maximum absolute atomic E-state index is 13.5. The number of rotatable bonds is 12. The van der Waals surface area contributed by atoms with E-state index in [1.54, 1.807) is 12.1 Å². The number of alkyl halides is 7. The topological polar surface area (TPSA) is 226 Å². The number of halogens is 9. The van der Waals surface area contributed by atoms with Crippen molar-refractivity contribution in [3.63, 3.8) is 0 Å². The molecule has 6 rings (SSSR count). The lowest BCUT2D eigenvalue weighted by Gasteiger charge is -2.15. The highest BCUT2D eigenvalue weighted by Gasteiger charge is 2.40. The van der Waals surface area contributed by atoms with Crippen LogP contribution in [0, 0.1) is 22.7 Å². The minimum Gasteiger partial charge on any atom is -0.480 e. The van der Waals surface area contributed by atoms with Crippen molar-refractivity contribution in [1.82, 2.24) is 39.5 Å². The molecule has 1 N–H and O–H groups in total. The minimum atomic E-state index is -5.01. The van der Waals surface area contributed by atoms with Crippen LogP contribution in [0.3, 0.4) is 0 Å². The summed E-state index contributed by atoms with van der Waals surface area (Å²) in [5, 5.41) is 42.5. The summed E-state index contributed by atoms with van der Waals surface area (Å²) in [7, 11) is 2.59. The van der Waals surface area contributed by atoms with Crippen molar-refractivity contribution in [2.75, 3.05) is 14.2 Å². The smallest absolute Gasteiger partial charge is 0.437 e. The zero-order valence-electron chi connectivity index (χ0n) is 32.4. The molecule has 0 bridgehead atoms. The fourth-order valence-corrected chi connectivity index (χ4v) is 5.80. The molecular formula is C38H25Cl2F7N10O7. The van der Waals surface area contributed by atoms with Crippen LogP contribution in [0.1, 0.15) is 45.0 Å². The molecule has 0 amide bonds. The Morgan fingerprint density at radius 1 is 0.656 bits per heavy atom. The van der Waals surface area contributed by atoms with Crippen molar-refractivity contribution in [3.05, 3.63) is 137 Å². The average Bonchev–Trinajstić information content (AvgIpc) is 3.25. The van der Waals surface area contributed by atoms with E-state index in [2.05, 4.69) is 30.4 Å². The van der Waals surface area contributed by atoms with Crippen molar-refractivity contribution >= 4 is 23.2 Å². The summed E-state index contributed by atoms with van der Waals surface area (Å²) in [6, 6.07) is 13.3. The van der Waals surface area contributed by atoms with E-state index in [0.717, 1.165) is 33.4 Å². The SMILES string of the molecule is COc1nnc(Cn2cnc(C(F)(F)F)c(Oc3cc(Cl)cc(C#N)c3)c2=O)cc1CF.COc1nnc(Cn2cnc(C(F)(F)F)c(Oc3cc(Cl)cc(C#N)c3)c2=O)cc1CO. The fourth-order valence-electron chi connectivity index (χ4n) is 5.35. The molecule has 0 aliphatic carbocycles. The van der Waals surface area contributed by atoms with Gasteiger partial charge in [0.05, 0.1) is 81.2 Å². The molecule has 0 atom stereocenters. The Morgan fingerprint density at radius 2 is 1.06 bits per heavy atom. The van der Waals surface area contributed by atoms with Crippen LogP contribution in [0.15, 0.2) is 70.8 Å². The lowest BCUT2D eigenvalue weighted by atomic mass is 10.2. The number of benzene rings is 2. The van der Waals surface area contributed by atoms with Gasteiger partial charge in [0.25, 0.3) is 11.1 Å². The Hall–Kier alpha value is -7.41. The van der Waals surface area contributed by atoms with Gasteiger partial charge in [-0.2, -0.15) is 36.9 Å². The molecule has 4 aromatic heterocycles. The zero-order valence-corrected chi connectivity index (χ0v) is 33.9. The molecule has 0 unspecified atom stereocenters. The van der Waals surface area contributed by atoms with Gasteiger partial charge in [0.2, 0.25) is 23.3 Å². The number of aliphatic hydroxyl groups is 1. The zero-order chi connectivity index (χ0) is 46.9. The molecule has 332 valence electrons. The van der Waals surface area contributed by atoms with E-state index in [9.17, 15) is 45.4 Å². The molecule has 0 radical (unpaired) electrons. The summed E-state index contributed by atoms with van der Waals surface area (Å²) >= 11 is 11.7. The van der Waals surface area contributed by atoms with E-state index in [4.69, 9.17) is 52.7 Å². The van der Waals surface area contributed by atoms with Crippen LogP contribution in [-0.2, 0) is 38.7 Å². The Kier molecular flexibility index (Phi) is 15.0. The standard InChI is InChI=1S/C19H12ClF4N5O3.C19H13ClF3N5O4/c1-31-17-11(6-21)4-13(27-28-17)8-29-9-26-16(19(22,23)24)15(18(29)30)32-14-3-10(7-25)2-12(20)5-14;1-31-17-11(8-29)4-13(26-27-17)7-28-9-25-16(19(21,22)23)15(18(28)30)32-14-3-10(6-24)2-12(20)5-14/h2-5,9H,6,8H2,1H3;2-5,9,29H,7-8H2,1H3. The first-order valence-electron chi connectivity index (χ1n) is 17.4. The number of nitriles is 2. The maximum atomic E-state index is 13.5. The average molecular weight is 938 g/mol. The van der Waals surface area contributed by atoms with Gasteiger partial charge >= 0.3 is 12.4 Å². The minimum absolute atomic E-state index is 0.0116. The second kappa shape index (κ2) is 20.2. The molecular weight excluding hydrogens is 912 g/mol. The van der Waals surface area contributed by atoms with Crippen LogP contribution in [0.25, 0.3) is 0 Å². The first-order chi connectivity index (χ1) is 30.3. The summed E-state index contributed by atoms with van der Waals surface area (Å²) in [4.78, 5) is 32.3. The molecule has 0 saturated heterocycles. The summed E-state index contributed by atoms with van der Waals surface area (Å²) in [6.07, 6.45) is -8.64. The molecule has 64 heavy (non-hydrogen) atoms. The lowest BCUT2D eigenvalue weighted by Crippen LogP contribution is -2.27. The van der Waals surface area contributed by atoms with Gasteiger partial charge in [0, 0.05) is 21.2 Å². The molecule has 0 saturated carbocycles. The molecule has 4 heterocycles. The predicted octanol–water partition coefficient (Wildman–Crippen LogP) is 6.81. The Bertz CT molecular complexity index is 2710. The van der Waals surface area contributed by atoms with Crippen LogP contribution in [-0.4, -0.2) is 58.8 Å². The number of hydrogen-bond donors (Lipinski definition) is 1. The fraction of sp³-hybridized carbons (Fsp3) is 0.211. The molecule has 2 aromatic carbocycles.